The molecule has 1 heterocycles. The highest BCUT2D eigenvalue weighted by Crippen LogP contribution is 2.24. The molecule has 1 aromatic heterocycles. The average Bonchev–Trinajstić information content (AvgIpc) is 2.82. The number of halogens is 1. The largest absolute Gasteiger partial charge is 0.331 e. The lowest BCUT2D eigenvalue weighted by Crippen LogP contribution is -2.40. The lowest BCUT2D eigenvalue weighted by molar-refractivity contribution is -0.133. The van der Waals surface area contributed by atoms with E-state index in [9.17, 15) is 14.0 Å². The fourth-order valence-corrected chi connectivity index (χ4v) is 4.10. The second kappa shape index (κ2) is 11.9. The molecule has 2 aromatic carbocycles. The summed E-state index contributed by atoms with van der Waals surface area (Å²) in [5.74, 6) is 0.143. The first-order valence-corrected chi connectivity index (χ1v) is 12.0. The smallest absolute Gasteiger partial charge is 0.266 e. The van der Waals surface area contributed by atoms with Gasteiger partial charge in [0.25, 0.3) is 5.56 Å². The van der Waals surface area contributed by atoms with E-state index < -0.39 is 6.04 Å². The van der Waals surface area contributed by atoms with Crippen LogP contribution in [0.4, 0.5) is 4.39 Å². The van der Waals surface area contributed by atoms with Gasteiger partial charge in [0.15, 0.2) is 0 Å². The maximum Gasteiger partial charge on any atom is 0.266 e. The van der Waals surface area contributed by atoms with Crippen LogP contribution in [0, 0.1) is 5.82 Å². The normalized spacial score (nSPS) is 12.3. The van der Waals surface area contributed by atoms with E-state index in [1.54, 1.807) is 30.3 Å². The Bertz CT molecular complexity index is 1160. The van der Waals surface area contributed by atoms with E-state index >= 15 is 0 Å². The minimum Gasteiger partial charge on any atom is -0.331 e. The molecule has 7 heteroatoms. The number of likely N-dealkylation sites (N-methyl/N-ethyl adjacent to an activating group) is 1. The van der Waals surface area contributed by atoms with Gasteiger partial charge < -0.3 is 9.80 Å². The minimum absolute atomic E-state index is 0.0542. The SMILES string of the molecule is CCCCCCC(=O)N(CCN(C)C)C(C)c1nc2ccccc2c(=O)n1-c1ccc(F)cc1. The monoisotopic (exact) mass is 466 g/mol. The maximum absolute atomic E-state index is 13.6. The minimum atomic E-state index is -0.444. The molecular formula is C27H35FN4O2. The zero-order chi connectivity index (χ0) is 24.7. The van der Waals surface area contributed by atoms with E-state index in [0.717, 1.165) is 25.7 Å². The number of aromatic nitrogens is 2. The Hall–Kier alpha value is -3.06. The Kier molecular flexibility index (Phi) is 8.93. The molecule has 0 spiro atoms. The van der Waals surface area contributed by atoms with Gasteiger partial charge in [-0.15, -0.1) is 0 Å². The van der Waals surface area contributed by atoms with Crippen LogP contribution in [-0.2, 0) is 4.79 Å². The summed E-state index contributed by atoms with van der Waals surface area (Å²) in [6, 6.07) is 12.5. The Morgan fingerprint density at radius 2 is 1.74 bits per heavy atom. The standard InChI is InChI=1S/C27H35FN4O2/c1-5-6-7-8-13-25(33)31(19-18-30(3)4)20(2)26-29-24-12-10-9-11-23(24)27(34)32(26)22-16-14-21(28)15-17-22/h9-12,14-17,20H,5-8,13,18-19H2,1-4H3. The van der Waals surface area contributed by atoms with Crippen LogP contribution in [-0.4, -0.2) is 52.4 Å². The Balaban J connectivity index is 2.08. The number of nitrogens with zero attached hydrogens (tertiary/aromatic N) is 4. The predicted molar refractivity (Wildman–Crippen MR) is 135 cm³/mol. The summed E-state index contributed by atoms with van der Waals surface area (Å²) in [4.78, 5) is 35.6. The second-order valence-corrected chi connectivity index (χ2v) is 8.98. The Morgan fingerprint density at radius 1 is 1.03 bits per heavy atom. The molecule has 0 saturated carbocycles. The molecule has 0 saturated heterocycles. The highest BCUT2D eigenvalue weighted by Gasteiger charge is 2.26. The first kappa shape index (κ1) is 25.6. The lowest BCUT2D eigenvalue weighted by atomic mass is 10.1. The molecule has 1 amide bonds. The van der Waals surface area contributed by atoms with Crippen molar-refractivity contribution >= 4 is 16.8 Å². The predicted octanol–water partition coefficient (Wildman–Crippen LogP) is 4.95. The molecule has 0 radical (unpaired) electrons. The van der Waals surface area contributed by atoms with Gasteiger partial charge in [0.1, 0.15) is 11.6 Å². The molecule has 182 valence electrons. The first-order valence-electron chi connectivity index (χ1n) is 12.0. The van der Waals surface area contributed by atoms with E-state index in [0.29, 0.717) is 41.9 Å². The van der Waals surface area contributed by atoms with E-state index in [1.165, 1.54) is 16.7 Å². The summed E-state index contributed by atoms with van der Waals surface area (Å²) >= 11 is 0. The highest BCUT2D eigenvalue weighted by molar-refractivity contribution is 5.79. The first-order chi connectivity index (χ1) is 16.3. The molecular weight excluding hydrogens is 431 g/mol. The van der Waals surface area contributed by atoms with E-state index in [-0.39, 0.29) is 17.3 Å². The molecule has 0 aliphatic carbocycles. The van der Waals surface area contributed by atoms with E-state index in [4.69, 9.17) is 4.98 Å². The van der Waals surface area contributed by atoms with Gasteiger partial charge in [0, 0.05) is 19.5 Å². The number of hydrogen-bond acceptors (Lipinski definition) is 4. The zero-order valence-electron chi connectivity index (χ0n) is 20.6. The van der Waals surface area contributed by atoms with Crippen molar-refractivity contribution in [2.75, 3.05) is 27.2 Å². The summed E-state index contributed by atoms with van der Waals surface area (Å²) in [6.07, 6.45) is 4.54. The summed E-state index contributed by atoms with van der Waals surface area (Å²) in [6.45, 7) is 5.27. The summed E-state index contributed by atoms with van der Waals surface area (Å²) < 4.78 is 15.2. The van der Waals surface area contributed by atoms with Gasteiger partial charge >= 0.3 is 0 Å². The number of carbonyl (C=O) groups excluding carboxylic acids is 1. The number of hydrogen-bond donors (Lipinski definition) is 0. The van der Waals surface area contributed by atoms with Gasteiger partial charge in [0.2, 0.25) is 5.91 Å². The zero-order valence-corrected chi connectivity index (χ0v) is 20.6. The number of benzene rings is 2. The number of para-hydroxylation sites is 1. The van der Waals surface area contributed by atoms with Crippen molar-refractivity contribution in [3.8, 4) is 5.69 Å². The van der Waals surface area contributed by atoms with Crippen LogP contribution >= 0.6 is 0 Å². The molecule has 6 nitrogen and oxygen atoms in total. The Morgan fingerprint density at radius 3 is 2.41 bits per heavy atom. The van der Waals surface area contributed by atoms with Crippen molar-refractivity contribution in [1.82, 2.24) is 19.4 Å². The third-order valence-electron chi connectivity index (χ3n) is 6.08. The van der Waals surface area contributed by atoms with Gasteiger partial charge in [-0.05, 0) is 63.8 Å². The number of unbranched alkanes of at least 4 members (excludes halogenated alkanes) is 3. The van der Waals surface area contributed by atoms with Crippen molar-refractivity contribution in [3.05, 3.63) is 70.5 Å². The van der Waals surface area contributed by atoms with Crippen molar-refractivity contribution < 1.29 is 9.18 Å². The van der Waals surface area contributed by atoms with E-state index in [1.807, 2.05) is 36.9 Å². The van der Waals surface area contributed by atoms with Crippen molar-refractivity contribution in [2.45, 2.75) is 52.0 Å². The van der Waals surface area contributed by atoms with Crippen LogP contribution in [0.15, 0.2) is 53.3 Å². The highest BCUT2D eigenvalue weighted by atomic mass is 19.1. The molecule has 0 bridgehead atoms. The van der Waals surface area contributed by atoms with Gasteiger partial charge in [-0.1, -0.05) is 38.3 Å². The van der Waals surface area contributed by atoms with Crippen molar-refractivity contribution in [3.63, 3.8) is 0 Å². The maximum atomic E-state index is 13.6. The molecule has 0 aliphatic rings. The van der Waals surface area contributed by atoms with Gasteiger partial charge in [0.05, 0.1) is 22.6 Å². The Labute approximate surface area is 201 Å². The van der Waals surface area contributed by atoms with Gasteiger partial charge in [-0.3, -0.25) is 14.2 Å². The lowest BCUT2D eigenvalue weighted by Gasteiger charge is -2.31. The van der Waals surface area contributed by atoms with Crippen LogP contribution in [0.2, 0.25) is 0 Å². The quantitative estimate of drug-likeness (QED) is 0.375. The van der Waals surface area contributed by atoms with E-state index in [2.05, 4.69) is 6.92 Å². The van der Waals surface area contributed by atoms with Crippen LogP contribution in [0.5, 0.6) is 0 Å². The molecule has 0 aliphatic heterocycles. The third kappa shape index (κ3) is 6.08. The molecule has 0 fully saturated rings. The number of fused-ring (bicyclic) bond motifs is 1. The number of rotatable bonds is 11. The summed E-state index contributed by atoms with van der Waals surface area (Å²) in [5.41, 5.74) is 0.868. The van der Waals surface area contributed by atoms with Crippen LogP contribution in [0.3, 0.4) is 0 Å². The average molecular weight is 467 g/mol. The second-order valence-electron chi connectivity index (χ2n) is 8.98. The molecule has 3 aromatic rings. The van der Waals surface area contributed by atoms with Crippen LogP contribution < -0.4 is 5.56 Å². The molecule has 3 rings (SSSR count). The van der Waals surface area contributed by atoms with Crippen LogP contribution in [0.1, 0.15) is 57.8 Å². The number of amides is 1. The van der Waals surface area contributed by atoms with Gasteiger partial charge in [-0.25, -0.2) is 9.37 Å². The van der Waals surface area contributed by atoms with Gasteiger partial charge in [-0.2, -0.15) is 0 Å². The fourth-order valence-electron chi connectivity index (χ4n) is 4.10. The third-order valence-corrected chi connectivity index (χ3v) is 6.08. The molecule has 34 heavy (non-hydrogen) atoms. The molecule has 0 N–H and O–H groups in total. The fraction of sp³-hybridized carbons (Fsp3) is 0.444. The van der Waals surface area contributed by atoms with Crippen LogP contribution in [0.25, 0.3) is 16.6 Å². The topological polar surface area (TPSA) is 58.4 Å². The van der Waals surface area contributed by atoms with Crippen molar-refractivity contribution in [1.29, 1.82) is 0 Å². The van der Waals surface area contributed by atoms with Crippen molar-refractivity contribution in [2.24, 2.45) is 0 Å². The number of carbonyl (C=O) groups is 1. The molecule has 1 atom stereocenters. The summed E-state index contributed by atoms with van der Waals surface area (Å²) in [5, 5.41) is 0.480. The molecule has 1 unspecified atom stereocenters. The summed E-state index contributed by atoms with van der Waals surface area (Å²) in [7, 11) is 3.94.